The topological polar surface area (TPSA) is 144 Å². The van der Waals surface area contributed by atoms with Gasteiger partial charge < -0.3 is 15.0 Å². The molecule has 0 amide bonds. The first-order valence-electron chi connectivity index (χ1n) is 15.7. The van der Waals surface area contributed by atoms with Crippen LogP contribution < -0.4 is 5.32 Å². The van der Waals surface area contributed by atoms with Crippen molar-refractivity contribution in [2.24, 2.45) is 0 Å². The summed E-state index contributed by atoms with van der Waals surface area (Å²) in [6.07, 6.45) is 13.3. The summed E-state index contributed by atoms with van der Waals surface area (Å²) in [7, 11) is -7.60. The van der Waals surface area contributed by atoms with Crippen LogP contribution in [0, 0.1) is 0 Å². The lowest BCUT2D eigenvalue weighted by Crippen LogP contribution is -2.31. The highest BCUT2D eigenvalue weighted by Crippen LogP contribution is 2.48. The van der Waals surface area contributed by atoms with Crippen LogP contribution in [0.25, 0.3) is 0 Å². The van der Waals surface area contributed by atoms with E-state index in [0.29, 0.717) is 55.1 Å². The fourth-order valence-electron chi connectivity index (χ4n) is 6.47. The molecule has 2 aromatic rings. The molecular formula is C35H43Cl2N2O7S2+. The van der Waals surface area contributed by atoms with Gasteiger partial charge in [0.15, 0.2) is 5.71 Å². The molecule has 13 heteroatoms. The molecule has 2 atom stereocenters. The third-order valence-electron chi connectivity index (χ3n) is 9.07. The smallest absolute Gasteiger partial charge is 0.303 e. The van der Waals surface area contributed by atoms with Gasteiger partial charge in [-0.05, 0) is 68.0 Å². The van der Waals surface area contributed by atoms with Crippen LogP contribution in [-0.4, -0.2) is 61.3 Å². The number of carboxylic acids is 1. The van der Waals surface area contributed by atoms with Gasteiger partial charge in [-0.25, -0.2) is 4.21 Å². The third kappa shape index (κ3) is 8.80. The summed E-state index contributed by atoms with van der Waals surface area (Å²) in [6, 6.07) is 8.18. The second kappa shape index (κ2) is 14.9. The van der Waals surface area contributed by atoms with E-state index < -0.39 is 31.3 Å². The molecule has 2 unspecified atom stereocenters. The SMILES string of the molecule is C=S(=O)(O)CCCC[N+]1=C(/C=C/C=C/C=C2/Nc3c(Cl)cc(Cl)cc3C2(C)C)C(C)(CCCCCC(=O)O)c2cc(S(=O)(=O)O)ccc21. The van der Waals surface area contributed by atoms with Gasteiger partial charge in [0.1, 0.15) is 6.54 Å². The van der Waals surface area contributed by atoms with E-state index in [1.165, 1.54) is 12.1 Å². The van der Waals surface area contributed by atoms with Crippen molar-refractivity contribution in [2.75, 3.05) is 17.6 Å². The normalized spacial score (nSPS) is 20.8. The molecule has 0 saturated carbocycles. The molecular weight excluding hydrogens is 695 g/mol. The zero-order chi connectivity index (χ0) is 35.5. The van der Waals surface area contributed by atoms with Gasteiger partial charge in [-0.2, -0.15) is 13.0 Å². The number of fused-ring (bicyclic) bond motifs is 2. The summed E-state index contributed by atoms with van der Waals surface area (Å²) in [4.78, 5) is 10.9. The minimum Gasteiger partial charge on any atom is -0.481 e. The Bertz CT molecular complexity index is 1930. The number of nitrogens with zero attached hydrogens (tertiary/aromatic N) is 1. The number of benzene rings is 2. The van der Waals surface area contributed by atoms with Gasteiger partial charge in [-0.3, -0.25) is 9.35 Å². The van der Waals surface area contributed by atoms with Gasteiger partial charge in [-0.1, -0.05) is 68.1 Å². The van der Waals surface area contributed by atoms with Crippen molar-refractivity contribution in [3.05, 3.63) is 87.6 Å². The van der Waals surface area contributed by atoms with E-state index in [4.69, 9.17) is 28.3 Å². The van der Waals surface area contributed by atoms with E-state index >= 15 is 0 Å². The molecule has 0 saturated heterocycles. The number of anilines is 1. The van der Waals surface area contributed by atoms with Crippen molar-refractivity contribution >= 4 is 72.0 Å². The molecule has 2 aliphatic rings. The molecule has 0 spiro atoms. The zero-order valence-corrected chi connectivity index (χ0v) is 30.5. The standard InChI is InChI=1S/C35H42Cl2N2O7S2/c1-34(2)27-21-24(36)22-28(37)33(27)38-30(34)13-7-5-8-14-31-35(3,18-10-6-9-15-32(40)41)26-23-25(48(44,45)46)16-17-29(26)39(31)19-11-12-20-47(4,42)43/h5,7-8,13-14,16-17,21-23H,4,6,9-12,15,18-20H2,1-3H3,(H3,40,41,42,43,44,45,46)/p+1. The number of hydrogen-bond donors (Lipinski definition) is 4. The Morgan fingerprint density at radius 1 is 0.958 bits per heavy atom. The lowest BCUT2D eigenvalue weighted by Gasteiger charge is -2.23. The average molecular weight is 739 g/mol. The molecule has 2 aromatic carbocycles. The first-order chi connectivity index (χ1) is 22.3. The predicted octanol–water partition coefficient (Wildman–Crippen LogP) is 8.00. The van der Waals surface area contributed by atoms with Crippen LogP contribution in [0.5, 0.6) is 0 Å². The summed E-state index contributed by atoms with van der Waals surface area (Å²) in [5.74, 6) is 2.54. The molecule has 9 nitrogen and oxygen atoms in total. The van der Waals surface area contributed by atoms with E-state index in [9.17, 15) is 26.5 Å². The summed E-state index contributed by atoms with van der Waals surface area (Å²) in [6.45, 7) is 6.69. The highest BCUT2D eigenvalue weighted by atomic mass is 35.5. The number of allylic oxidation sites excluding steroid dienone is 6. The van der Waals surface area contributed by atoms with Gasteiger partial charge in [0.05, 0.1) is 30.8 Å². The molecule has 48 heavy (non-hydrogen) atoms. The van der Waals surface area contributed by atoms with Crippen molar-refractivity contribution < 1.29 is 36.2 Å². The van der Waals surface area contributed by atoms with Crippen molar-refractivity contribution in [2.45, 2.75) is 81.4 Å². The second-order valence-electron chi connectivity index (χ2n) is 13.0. The van der Waals surface area contributed by atoms with Gasteiger partial charge in [0.25, 0.3) is 10.1 Å². The highest BCUT2D eigenvalue weighted by Gasteiger charge is 2.47. The van der Waals surface area contributed by atoms with Crippen molar-refractivity contribution in [3.8, 4) is 0 Å². The summed E-state index contributed by atoms with van der Waals surface area (Å²) in [5.41, 5.74) is 4.16. The average Bonchev–Trinajstić information content (AvgIpc) is 3.36. The van der Waals surface area contributed by atoms with Crippen LogP contribution >= 0.6 is 23.2 Å². The third-order valence-corrected chi connectivity index (χ3v) is 11.4. The molecule has 2 heterocycles. The number of halogens is 2. The van der Waals surface area contributed by atoms with E-state index in [2.05, 4.69) is 29.6 Å². The van der Waals surface area contributed by atoms with Crippen LogP contribution in [-0.2, 0) is 35.5 Å². The quantitative estimate of drug-likeness (QED) is 0.0473. The highest BCUT2D eigenvalue weighted by molar-refractivity contribution is 7.95. The Hall–Kier alpha value is -2.93. The Morgan fingerprint density at radius 3 is 2.35 bits per heavy atom. The zero-order valence-electron chi connectivity index (χ0n) is 27.3. The van der Waals surface area contributed by atoms with Crippen molar-refractivity contribution in [1.82, 2.24) is 0 Å². The van der Waals surface area contributed by atoms with Gasteiger partial charge >= 0.3 is 5.97 Å². The first-order valence-corrected chi connectivity index (χ1v) is 19.8. The number of unbranched alkanes of at least 4 members (excludes halogenated alkanes) is 3. The van der Waals surface area contributed by atoms with E-state index in [1.807, 2.05) is 43.4 Å². The molecule has 260 valence electrons. The van der Waals surface area contributed by atoms with Crippen LogP contribution in [0.3, 0.4) is 0 Å². The molecule has 0 aliphatic carbocycles. The molecule has 0 fully saturated rings. The maximum Gasteiger partial charge on any atom is 0.303 e. The summed E-state index contributed by atoms with van der Waals surface area (Å²) in [5, 5.41) is 13.6. The molecule has 4 rings (SSSR count). The molecule has 2 aliphatic heterocycles. The van der Waals surface area contributed by atoms with Crippen molar-refractivity contribution in [1.29, 1.82) is 0 Å². The van der Waals surface area contributed by atoms with Crippen LogP contribution in [0.15, 0.2) is 71.3 Å². The lowest BCUT2D eigenvalue weighted by molar-refractivity contribution is -0.438. The van der Waals surface area contributed by atoms with Crippen LogP contribution in [0.1, 0.15) is 76.8 Å². The van der Waals surface area contributed by atoms with E-state index in [1.54, 1.807) is 12.1 Å². The lowest BCUT2D eigenvalue weighted by atomic mass is 9.75. The Balaban J connectivity index is 1.69. The number of carboxylic acid groups (broad SMARTS) is 1. The number of rotatable bonds is 15. The predicted molar refractivity (Wildman–Crippen MR) is 196 cm³/mol. The maximum absolute atomic E-state index is 12.2. The molecule has 0 aromatic heterocycles. The fraction of sp³-hybridized carbons (Fsp3) is 0.400. The molecule has 4 N–H and O–H groups in total. The maximum atomic E-state index is 12.2. The summed E-state index contributed by atoms with van der Waals surface area (Å²) >= 11 is 12.7. The second-order valence-corrected chi connectivity index (χ2v) is 17.3. The number of nitrogens with one attached hydrogen (secondary N) is 1. The van der Waals surface area contributed by atoms with Gasteiger partial charge in [-0.15, -0.1) is 0 Å². The first kappa shape index (κ1) is 37.9. The monoisotopic (exact) mass is 737 g/mol. The van der Waals surface area contributed by atoms with Crippen molar-refractivity contribution in [3.63, 3.8) is 0 Å². The molecule has 0 radical (unpaired) electrons. The minimum atomic E-state index is -4.47. The van der Waals surface area contributed by atoms with E-state index in [-0.39, 0.29) is 22.5 Å². The molecule has 0 bridgehead atoms. The number of hydrogen-bond acceptors (Lipinski definition) is 5. The van der Waals surface area contributed by atoms with Crippen LogP contribution in [0.2, 0.25) is 10.0 Å². The fourth-order valence-corrected chi connectivity index (χ4v) is 8.17. The number of carbonyl (C=O) groups is 1. The van der Waals surface area contributed by atoms with E-state index in [0.717, 1.165) is 33.9 Å². The number of aliphatic carboxylic acids is 1. The van der Waals surface area contributed by atoms with Gasteiger partial charge in [0, 0.05) is 52.4 Å². The van der Waals surface area contributed by atoms with Crippen LogP contribution in [0.4, 0.5) is 11.4 Å². The van der Waals surface area contributed by atoms with Gasteiger partial charge in [0.2, 0.25) is 5.69 Å². The largest absolute Gasteiger partial charge is 0.481 e. The minimum absolute atomic E-state index is 0.0600. The summed E-state index contributed by atoms with van der Waals surface area (Å²) < 4.78 is 57.8. The Labute approximate surface area is 293 Å². The Kier molecular flexibility index (Phi) is 11.8. The Morgan fingerprint density at radius 2 is 1.69 bits per heavy atom.